The Morgan fingerprint density at radius 2 is 1.52 bits per heavy atom. The van der Waals surface area contributed by atoms with E-state index >= 15 is 0 Å². The summed E-state index contributed by atoms with van der Waals surface area (Å²) in [6.07, 6.45) is -0.793. The van der Waals surface area contributed by atoms with Gasteiger partial charge in [0.2, 0.25) is 0 Å². The Morgan fingerprint density at radius 1 is 0.913 bits per heavy atom. The van der Waals surface area contributed by atoms with E-state index in [2.05, 4.69) is 0 Å². The maximum atomic E-state index is 10.3. The third-order valence-corrected chi connectivity index (χ3v) is 3.92. The number of hydrogen-bond donors (Lipinski definition) is 5. The van der Waals surface area contributed by atoms with Crippen LogP contribution in [0.3, 0.4) is 0 Å². The standard InChI is InChI=1S/C15H28O8/c16-9-10-12(19)13(20)14(21)15(23-10)22-8-6-4-2-1-3-5-7-11(17)18/h10,12-16,19-21H,1-9H2,(H,17,18)/t10-,12-,13-,14+,15-/m0/s1. The molecule has 0 amide bonds. The molecule has 0 radical (unpaired) electrons. The van der Waals surface area contributed by atoms with Crippen molar-refractivity contribution in [2.45, 2.75) is 75.7 Å². The molecule has 0 bridgehead atoms. The van der Waals surface area contributed by atoms with Gasteiger partial charge in [-0.15, -0.1) is 0 Å². The Labute approximate surface area is 135 Å². The molecular formula is C15H28O8. The number of hydrogen-bond acceptors (Lipinski definition) is 7. The zero-order valence-electron chi connectivity index (χ0n) is 13.2. The second kappa shape index (κ2) is 10.9. The van der Waals surface area contributed by atoms with E-state index < -0.39 is 43.3 Å². The molecule has 1 heterocycles. The van der Waals surface area contributed by atoms with E-state index in [1.165, 1.54) is 0 Å². The van der Waals surface area contributed by atoms with Gasteiger partial charge in [0.1, 0.15) is 24.4 Å². The first kappa shape index (κ1) is 20.3. The average molecular weight is 336 g/mol. The number of carboxylic acid groups (broad SMARTS) is 1. The van der Waals surface area contributed by atoms with Gasteiger partial charge in [0.05, 0.1) is 6.61 Å². The summed E-state index contributed by atoms with van der Waals surface area (Å²) in [4.78, 5) is 10.3. The molecule has 0 unspecified atom stereocenters. The van der Waals surface area contributed by atoms with Gasteiger partial charge < -0.3 is 35.0 Å². The lowest BCUT2D eigenvalue weighted by Gasteiger charge is -2.39. The molecule has 136 valence electrons. The number of aliphatic hydroxyl groups is 4. The first-order valence-corrected chi connectivity index (χ1v) is 8.11. The highest BCUT2D eigenvalue weighted by molar-refractivity contribution is 5.66. The van der Waals surface area contributed by atoms with Crippen LogP contribution in [0.4, 0.5) is 0 Å². The van der Waals surface area contributed by atoms with Crippen LogP contribution >= 0.6 is 0 Å². The van der Waals surface area contributed by atoms with Crippen molar-refractivity contribution in [2.24, 2.45) is 0 Å². The van der Waals surface area contributed by atoms with Gasteiger partial charge in [-0.1, -0.05) is 25.7 Å². The molecule has 8 heteroatoms. The summed E-state index contributed by atoms with van der Waals surface area (Å²) in [7, 11) is 0. The molecule has 0 aromatic rings. The lowest BCUT2D eigenvalue weighted by Crippen LogP contribution is -2.59. The van der Waals surface area contributed by atoms with Crippen molar-refractivity contribution in [2.75, 3.05) is 13.2 Å². The molecule has 0 aromatic carbocycles. The van der Waals surface area contributed by atoms with Crippen LogP contribution in [0.2, 0.25) is 0 Å². The summed E-state index contributed by atoms with van der Waals surface area (Å²) in [5.41, 5.74) is 0. The Morgan fingerprint density at radius 3 is 2.13 bits per heavy atom. The molecule has 1 saturated heterocycles. The Bertz CT molecular complexity index is 335. The Kier molecular flexibility index (Phi) is 9.61. The first-order valence-electron chi connectivity index (χ1n) is 8.11. The third-order valence-electron chi connectivity index (χ3n) is 3.92. The minimum absolute atomic E-state index is 0.209. The fourth-order valence-corrected chi connectivity index (χ4v) is 2.49. The lowest BCUT2D eigenvalue weighted by molar-refractivity contribution is -0.301. The molecule has 1 aliphatic rings. The van der Waals surface area contributed by atoms with Crippen LogP contribution in [0.25, 0.3) is 0 Å². The molecule has 1 fully saturated rings. The molecule has 0 aliphatic carbocycles. The van der Waals surface area contributed by atoms with Crippen molar-refractivity contribution >= 4 is 5.97 Å². The third kappa shape index (κ3) is 7.11. The average Bonchev–Trinajstić information content (AvgIpc) is 2.52. The molecular weight excluding hydrogens is 308 g/mol. The van der Waals surface area contributed by atoms with E-state index in [1.54, 1.807) is 0 Å². The fourth-order valence-electron chi connectivity index (χ4n) is 2.49. The number of unbranched alkanes of at least 4 members (excludes halogenated alkanes) is 5. The number of carbonyl (C=O) groups is 1. The molecule has 5 N–H and O–H groups in total. The highest BCUT2D eigenvalue weighted by Crippen LogP contribution is 2.22. The van der Waals surface area contributed by atoms with Gasteiger partial charge in [0.15, 0.2) is 6.29 Å². The quantitative estimate of drug-likeness (QED) is 0.322. The summed E-state index contributed by atoms with van der Waals surface area (Å²) < 4.78 is 10.6. The molecule has 0 spiro atoms. The fraction of sp³-hybridized carbons (Fsp3) is 0.933. The molecule has 0 saturated carbocycles. The summed E-state index contributed by atoms with van der Waals surface area (Å²) >= 11 is 0. The smallest absolute Gasteiger partial charge is 0.303 e. The zero-order chi connectivity index (χ0) is 17.2. The van der Waals surface area contributed by atoms with Crippen molar-refractivity contribution in [1.29, 1.82) is 0 Å². The van der Waals surface area contributed by atoms with Gasteiger partial charge >= 0.3 is 5.97 Å². The van der Waals surface area contributed by atoms with E-state index in [9.17, 15) is 20.1 Å². The van der Waals surface area contributed by atoms with Crippen LogP contribution in [0.5, 0.6) is 0 Å². The van der Waals surface area contributed by atoms with Crippen LogP contribution in [0.15, 0.2) is 0 Å². The van der Waals surface area contributed by atoms with Gasteiger partial charge in [-0.25, -0.2) is 0 Å². The Hall–Kier alpha value is -0.770. The first-order chi connectivity index (χ1) is 11.0. The monoisotopic (exact) mass is 336 g/mol. The van der Waals surface area contributed by atoms with Crippen LogP contribution in [0.1, 0.15) is 44.9 Å². The molecule has 0 aromatic heterocycles. The SMILES string of the molecule is O=C(O)CCCCCCCCO[C@H]1O[C@@H](CO)[C@H](O)[C@H](O)[C@H]1O. The van der Waals surface area contributed by atoms with Crippen molar-refractivity contribution in [1.82, 2.24) is 0 Å². The highest BCUT2D eigenvalue weighted by Gasteiger charge is 2.43. The lowest BCUT2D eigenvalue weighted by atomic mass is 9.99. The molecule has 8 nitrogen and oxygen atoms in total. The molecule has 1 rings (SSSR count). The predicted molar refractivity (Wildman–Crippen MR) is 79.7 cm³/mol. The minimum Gasteiger partial charge on any atom is -0.481 e. The number of ether oxygens (including phenoxy) is 2. The maximum absolute atomic E-state index is 10.3. The number of aliphatic carboxylic acids is 1. The van der Waals surface area contributed by atoms with Crippen LogP contribution < -0.4 is 0 Å². The number of rotatable bonds is 11. The summed E-state index contributed by atoms with van der Waals surface area (Å²) in [5, 5.41) is 46.6. The number of carboxylic acids is 1. The van der Waals surface area contributed by atoms with Crippen LogP contribution in [-0.2, 0) is 14.3 Å². The van der Waals surface area contributed by atoms with Gasteiger partial charge in [0, 0.05) is 13.0 Å². The van der Waals surface area contributed by atoms with E-state index in [0.29, 0.717) is 13.0 Å². The minimum atomic E-state index is -1.42. The van der Waals surface area contributed by atoms with Crippen molar-refractivity contribution < 1.29 is 39.8 Å². The van der Waals surface area contributed by atoms with Gasteiger partial charge in [-0.2, -0.15) is 0 Å². The maximum Gasteiger partial charge on any atom is 0.303 e. The normalized spacial score (nSPS) is 31.2. The summed E-state index contributed by atoms with van der Waals surface area (Å²) in [6, 6.07) is 0. The van der Waals surface area contributed by atoms with Crippen LogP contribution in [-0.4, -0.2) is 75.4 Å². The van der Waals surface area contributed by atoms with Gasteiger partial charge in [0.25, 0.3) is 0 Å². The highest BCUT2D eigenvalue weighted by atomic mass is 16.7. The van der Waals surface area contributed by atoms with Crippen molar-refractivity contribution in [3.05, 3.63) is 0 Å². The Balaban J connectivity index is 2.09. The van der Waals surface area contributed by atoms with E-state index in [-0.39, 0.29) is 6.42 Å². The summed E-state index contributed by atoms with van der Waals surface area (Å²) in [6.45, 7) is -0.140. The molecule has 5 atom stereocenters. The van der Waals surface area contributed by atoms with Crippen molar-refractivity contribution in [3.63, 3.8) is 0 Å². The van der Waals surface area contributed by atoms with E-state index in [4.69, 9.17) is 19.7 Å². The van der Waals surface area contributed by atoms with Crippen LogP contribution in [0, 0.1) is 0 Å². The second-order valence-corrected chi connectivity index (χ2v) is 5.83. The van der Waals surface area contributed by atoms with Gasteiger partial charge in [-0.05, 0) is 12.8 Å². The largest absolute Gasteiger partial charge is 0.481 e. The van der Waals surface area contributed by atoms with Crippen molar-refractivity contribution in [3.8, 4) is 0 Å². The van der Waals surface area contributed by atoms with Gasteiger partial charge in [-0.3, -0.25) is 4.79 Å². The van der Waals surface area contributed by atoms with E-state index in [1.807, 2.05) is 0 Å². The second-order valence-electron chi connectivity index (χ2n) is 5.83. The predicted octanol–water partition coefficient (Wildman–Crippen LogP) is -0.382. The molecule has 1 aliphatic heterocycles. The molecule has 23 heavy (non-hydrogen) atoms. The summed E-state index contributed by atoms with van der Waals surface area (Å²) in [5.74, 6) is -0.766. The van der Waals surface area contributed by atoms with E-state index in [0.717, 1.165) is 32.1 Å². The topological polar surface area (TPSA) is 137 Å². The number of aliphatic hydroxyl groups excluding tert-OH is 4. The zero-order valence-corrected chi connectivity index (χ0v) is 13.2.